The first-order valence-corrected chi connectivity index (χ1v) is 5.57. The number of rotatable bonds is 6. The van der Waals surface area contributed by atoms with Gasteiger partial charge in [0.05, 0.1) is 18.7 Å². The van der Waals surface area contributed by atoms with Crippen LogP contribution in [0.15, 0.2) is 6.33 Å². The second-order valence-corrected chi connectivity index (χ2v) is 3.32. The summed E-state index contributed by atoms with van der Waals surface area (Å²) in [5, 5.41) is 2.75. The van der Waals surface area contributed by atoms with Crippen molar-refractivity contribution in [2.24, 2.45) is 0 Å². The van der Waals surface area contributed by atoms with Crippen molar-refractivity contribution in [3.8, 4) is 0 Å². The van der Waals surface area contributed by atoms with E-state index in [1.807, 2.05) is 6.92 Å². The number of esters is 1. The Morgan fingerprint density at radius 3 is 2.88 bits per heavy atom. The first kappa shape index (κ1) is 13.3. The fraction of sp³-hybridized carbons (Fsp3) is 0.545. The molecule has 5 nitrogen and oxygen atoms in total. The molecule has 0 aliphatic rings. The van der Waals surface area contributed by atoms with Gasteiger partial charge in [-0.25, -0.2) is 14.4 Å². The van der Waals surface area contributed by atoms with E-state index >= 15 is 0 Å². The van der Waals surface area contributed by atoms with E-state index < -0.39 is 5.82 Å². The van der Waals surface area contributed by atoms with Crippen molar-refractivity contribution < 1.29 is 13.9 Å². The zero-order valence-electron chi connectivity index (χ0n) is 9.99. The Labute approximate surface area is 99.4 Å². The van der Waals surface area contributed by atoms with Crippen molar-refractivity contribution in [2.75, 3.05) is 18.5 Å². The van der Waals surface area contributed by atoms with Crippen LogP contribution in [0.1, 0.15) is 26.0 Å². The number of ether oxygens (including phenoxy) is 1. The molecule has 0 saturated carbocycles. The summed E-state index contributed by atoms with van der Waals surface area (Å²) in [4.78, 5) is 18.6. The van der Waals surface area contributed by atoms with Crippen molar-refractivity contribution in [1.29, 1.82) is 0 Å². The molecule has 0 unspecified atom stereocenters. The SMILES string of the molecule is CCOC(=O)CCNc1ncnc(CC)c1F. The van der Waals surface area contributed by atoms with Crippen molar-refractivity contribution in [1.82, 2.24) is 9.97 Å². The Morgan fingerprint density at radius 2 is 2.24 bits per heavy atom. The zero-order chi connectivity index (χ0) is 12.7. The predicted octanol–water partition coefficient (Wildman–Crippen LogP) is 1.54. The van der Waals surface area contributed by atoms with Crippen LogP contribution >= 0.6 is 0 Å². The van der Waals surface area contributed by atoms with E-state index in [2.05, 4.69) is 15.3 Å². The molecule has 0 aliphatic heterocycles. The third-order valence-electron chi connectivity index (χ3n) is 2.12. The normalized spacial score (nSPS) is 10.1. The van der Waals surface area contributed by atoms with Crippen LogP contribution in [0.4, 0.5) is 10.2 Å². The Morgan fingerprint density at radius 1 is 1.47 bits per heavy atom. The summed E-state index contributed by atoms with van der Waals surface area (Å²) in [7, 11) is 0. The maximum atomic E-state index is 13.6. The standard InChI is InChI=1S/C11H16FN3O2/c1-3-8-10(12)11(15-7-14-8)13-6-5-9(16)17-4-2/h7H,3-6H2,1-2H3,(H,13,14,15). The van der Waals surface area contributed by atoms with Crippen LogP contribution in [-0.2, 0) is 16.0 Å². The van der Waals surface area contributed by atoms with Gasteiger partial charge in [-0.2, -0.15) is 0 Å². The molecular formula is C11H16FN3O2. The molecule has 0 saturated heterocycles. The lowest BCUT2D eigenvalue weighted by Gasteiger charge is -2.07. The maximum Gasteiger partial charge on any atom is 0.307 e. The molecule has 17 heavy (non-hydrogen) atoms. The first-order chi connectivity index (χ1) is 8.19. The van der Waals surface area contributed by atoms with E-state index in [1.165, 1.54) is 6.33 Å². The van der Waals surface area contributed by atoms with Gasteiger partial charge in [-0.15, -0.1) is 0 Å². The molecule has 0 fully saturated rings. The Hall–Kier alpha value is -1.72. The highest BCUT2D eigenvalue weighted by atomic mass is 19.1. The number of nitrogens with one attached hydrogen (secondary N) is 1. The molecule has 0 atom stereocenters. The minimum atomic E-state index is -0.459. The summed E-state index contributed by atoms with van der Waals surface area (Å²) >= 11 is 0. The number of nitrogens with zero attached hydrogens (tertiary/aromatic N) is 2. The highest BCUT2D eigenvalue weighted by Gasteiger charge is 2.09. The predicted molar refractivity (Wildman–Crippen MR) is 61.1 cm³/mol. The molecule has 0 bridgehead atoms. The quantitative estimate of drug-likeness (QED) is 0.765. The third kappa shape index (κ3) is 3.97. The fourth-order valence-corrected chi connectivity index (χ4v) is 1.29. The second-order valence-electron chi connectivity index (χ2n) is 3.32. The van der Waals surface area contributed by atoms with Crippen LogP contribution in [0, 0.1) is 5.82 Å². The summed E-state index contributed by atoms with van der Waals surface area (Å²) in [6, 6.07) is 0. The van der Waals surface area contributed by atoms with Crippen LogP contribution in [0.5, 0.6) is 0 Å². The molecule has 1 N–H and O–H groups in total. The minimum Gasteiger partial charge on any atom is -0.466 e. The number of hydrogen-bond donors (Lipinski definition) is 1. The Balaban J connectivity index is 2.49. The maximum absolute atomic E-state index is 13.6. The lowest BCUT2D eigenvalue weighted by molar-refractivity contribution is -0.142. The van der Waals surface area contributed by atoms with Gasteiger partial charge in [0.15, 0.2) is 11.6 Å². The molecule has 0 aromatic carbocycles. The van der Waals surface area contributed by atoms with E-state index in [4.69, 9.17) is 4.74 Å². The van der Waals surface area contributed by atoms with Crippen LogP contribution in [0.2, 0.25) is 0 Å². The lowest BCUT2D eigenvalue weighted by atomic mass is 10.3. The molecule has 1 rings (SSSR count). The van der Waals surface area contributed by atoms with Crippen molar-refractivity contribution in [3.05, 3.63) is 17.8 Å². The van der Waals surface area contributed by atoms with Gasteiger partial charge in [-0.05, 0) is 13.3 Å². The largest absolute Gasteiger partial charge is 0.466 e. The molecule has 1 aromatic rings. The van der Waals surface area contributed by atoms with E-state index in [0.717, 1.165) is 0 Å². The van der Waals surface area contributed by atoms with Gasteiger partial charge in [0.2, 0.25) is 0 Å². The highest BCUT2D eigenvalue weighted by Crippen LogP contribution is 2.12. The minimum absolute atomic E-state index is 0.126. The van der Waals surface area contributed by atoms with Gasteiger partial charge in [0.1, 0.15) is 6.33 Å². The molecule has 0 radical (unpaired) electrons. The number of carbonyl (C=O) groups is 1. The van der Waals surface area contributed by atoms with Crippen LogP contribution in [-0.4, -0.2) is 29.1 Å². The molecular weight excluding hydrogens is 225 g/mol. The lowest BCUT2D eigenvalue weighted by Crippen LogP contribution is -2.13. The van der Waals surface area contributed by atoms with Gasteiger partial charge in [-0.3, -0.25) is 4.79 Å². The van der Waals surface area contributed by atoms with E-state index in [9.17, 15) is 9.18 Å². The summed E-state index contributed by atoms with van der Waals surface area (Å²) in [6.07, 6.45) is 1.98. The number of halogens is 1. The number of carbonyl (C=O) groups excluding carboxylic acids is 1. The summed E-state index contributed by atoms with van der Waals surface area (Å²) in [5.74, 6) is -0.648. The molecule has 6 heteroatoms. The summed E-state index contributed by atoms with van der Waals surface area (Å²) in [5.41, 5.74) is 0.360. The summed E-state index contributed by atoms with van der Waals surface area (Å²) in [6.45, 7) is 4.19. The van der Waals surface area contributed by atoms with E-state index in [0.29, 0.717) is 18.7 Å². The molecule has 0 spiro atoms. The Bertz CT molecular complexity index is 385. The van der Waals surface area contributed by atoms with E-state index in [-0.39, 0.29) is 24.8 Å². The van der Waals surface area contributed by atoms with Gasteiger partial charge in [-0.1, -0.05) is 6.92 Å². The molecule has 94 valence electrons. The smallest absolute Gasteiger partial charge is 0.307 e. The van der Waals surface area contributed by atoms with Gasteiger partial charge < -0.3 is 10.1 Å². The average molecular weight is 241 g/mol. The summed E-state index contributed by atoms with van der Waals surface area (Å²) < 4.78 is 18.4. The molecule has 0 amide bonds. The van der Waals surface area contributed by atoms with Crippen molar-refractivity contribution in [3.63, 3.8) is 0 Å². The molecule has 1 heterocycles. The van der Waals surface area contributed by atoms with Crippen molar-refractivity contribution in [2.45, 2.75) is 26.7 Å². The van der Waals surface area contributed by atoms with E-state index in [1.54, 1.807) is 6.92 Å². The van der Waals surface area contributed by atoms with Gasteiger partial charge in [0, 0.05) is 6.54 Å². The fourth-order valence-electron chi connectivity index (χ4n) is 1.29. The average Bonchev–Trinajstić information content (AvgIpc) is 2.32. The van der Waals surface area contributed by atoms with Gasteiger partial charge in [0.25, 0.3) is 0 Å². The monoisotopic (exact) mass is 241 g/mol. The molecule has 1 aromatic heterocycles. The zero-order valence-corrected chi connectivity index (χ0v) is 9.99. The first-order valence-electron chi connectivity index (χ1n) is 5.57. The van der Waals surface area contributed by atoms with Crippen LogP contribution in [0.25, 0.3) is 0 Å². The Kier molecular flexibility index (Phi) is 5.32. The number of anilines is 1. The number of hydrogen-bond acceptors (Lipinski definition) is 5. The highest BCUT2D eigenvalue weighted by molar-refractivity contribution is 5.69. The van der Waals surface area contributed by atoms with Crippen LogP contribution in [0.3, 0.4) is 0 Å². The second kappa shape index (κ2) is 6.78. The number of aromatic nitrogens is 2. The van der Waals surface area contributed by atoms with Crippen molar-refractivity contribution >= 4 is 11.8 Å². The van der Waals surface area contributed by atoms with Gasteiger partial charge >= 0.3 is 5.97 Å². The molecule has 0 aliphatic carbocycles. The third-order valence-corrected chi connectivity index (χ3v) is 2.12. The number of aryl methyl sites for hydroxylation is 1. The topological polar surface area (TPSA) is 64.1 Å². The van der Waals surface area contributed by atoms with Crippen LogP contribution < -0.4 is 5.32 Å².